The van der Waals surface area contributed by atoms with Crippen LogP contribution in [0.3, 0.4) is 0 Å². The van der Waals surface area contributed by atoms with Crippen molar-refractivity contribution in [3.05, 3.63) is 82.7 Å². The number of amides is 1. The molecule has 4 aromatic rings. The minimum absolute atomic E-state index is 0.0395. The summed E-state index contributed by atoms with van der Waals surface area (Å²) in [6, 6.07) is 9.99. The van der Waals surface area contributed by atoms with E-state index in [-0.39, 0.29) is 41.6 Å². The number of carbonyl (C=O) groups is 1. The molecule has 0 unspecified atom stereocenters. The van der Waals surface area contributed by atoms with Gasteiger partial charge >= 0.3 is 6.18 Å². The SMILES string of the molecule is COc1ccc(-c2nc3c(C(=O)N4CCN([C@H](C)c5ccc(F)c(F)c5)CC4)cnn3c(C(F)(F)F)c2C)cc1. The number of carbonyl (C=O) groups excluding carboxylic acids is 1. The van der Waals surface area contributed by atoms with Crippen LogP contribution < -0.4 is 4.74 Å². The molecule has 12 heteroatoms. The largest absolute Gasteiger partial charge is 0.497 e. The molecule has 0 bridgehead atoms. The van der Waals surface area contributed by atoms with Gasteiger partial charge in [0.05, 0.1) is 19.0 Å². The fraction of sp³-hybridized carbons (Fsp3) is 0.321. The second-order valence-electron chi connectivity index (χ2n) is 9.63. The normalized spacial score (nSPS) is 15.4. The number of methoxy groups -OCH3 is 1. The monoisotopic (exact) mass is 559 g/mol. The molecular formula is C28H26F5N5O2. The van der Waals surface area contributed by atoms with E-state index in [1.807, 2.05) is 11.8 Å². The molecule has 1 atom stereocenters. The van der Waals surface area contributed by atoms with Crippen molar-refractivity contribution in [1.29, 1.82) is 0 Å². The Hall–Kier alpha value is -4.06. The number of aromatic nitrogens is 3. The highest BCUT2D eigenvalue weighted by Gasteiger charge is 2.39. The molecule has 1 amide bonds. The zero-order valence-corrected chi connectivity index (χ0v) is 22.0. The number of fused-ring (bicyclic) bond motifs is 1. The van der Waals surface area contributed by atoms with Crippen LogP contribution in [-0.4, -0.2) is 63.6 Å². The zero-order valence-electron chi connectivity index (χ0n) is 22.0. The van der Waals surface area contributed by atoms with Crippen molar-refractivity contribution < 1.29 is 31.5 Å². The van der Waals surface area contributed by atoms with E-state index in [2.05, 4.69) is 10.1 Å². The first kappa shape index (κ1) is 27.5. The maximum atomic E-state index is 14.2. The molecule has 1 aliphatic heterocycles. The van der Waals surface area contributed by atoms with Gasteiger partial charge in [-0.2, -0.15) is 18.3 Å². The second kappa shape index (κ2) is 10.5. The first-order valence-corrected chi connectivity index (χ1v) is 12.6. The molecule has 0 saturated carbocycles. The summed E-state index contributed by atoms with van der Waals surface area (Å²) >= 11 is 0. The van der Waals surface area contributed by atoms with Gasteiger partial charge in [-0.15, -0.1) is 0 Å². The van der Waals surface area contributed by atoms with Gasteiger partial charge in [0, 0.05) is 43.3 Å². The van der Waals surface area contributed by atoms with Gasteiger partial charge in [-0.1, -0.05) is 6.07 Å². The quantitative estimate of drug-likeness (QED) is 0.301. The number of benzene rings is 2. The summed E-state index contributed by atoms with van der Waals surface area (Å²) in [5, 5.41) is 3.91. The average molecular weight is 560 g/mol. The molecule has 7 nitrogen and oxygen atoms in total. The Labute approximate surface area is 226 Å². The summed E-state index contributed by atoms with van der Waals surface area (Å²) in [6.07, 6.45) is -3.63. The Bertz CT molecular complexity index is 1560. The molecule has 210 valence electrons. The fourth-order valence-corrected chi connectivity index (χ4v) is 5.05. The number of rotatable bonds is 5. The molecule has 2 aromatic heterocycles. The first-order valence-electron chi connectivity index (χ1n) is 12.6. The van der Waals surface area contributed by atoms with E-state index in [0.29, 0.717) is 34.5 Å². The summed E-state index contributed by atoms with van der Waals surface area (Å²) in [4.78, 5) is 21.6. The second-order valence-corrected chi connectivity index (χ2v) is 9.63. The topological polar surface area (TPSA) is 63.0 Å². The van der Waals surface area contributed by atoms with Crippen LogP contribution in [0.2, 0.25) is 0 Å². The van der Waals surface area contributed by atoms with E-state index in [1.54, 1.807) is 24.3 Å². The summed E-state index contributed by atoms with van der Waals surface area (Å²) in [7, 11) is 1.49. The van der Waals surface area contributed by atoms with Crippen molar-refractivity contribution in [1.82, 2.24) is 24.4 Å². The molecule has 1 fully saturated rings. The van der Waals surface area contributed by atoms with E-state index < -0.39 is 29.4 Å². The standard InChI is InChI=1S/C28H26F5N5O2/c1-16-24(18-4-7-20(40-3)8-5-18)35-26-21(15-34-38(26)25(16)28(31,32)33)27(39)37-12-10-36(11-13-37)17(2)19-6-9-22(29)23(30)14-19/h4-9,14-15,17H,10-13H2,1-3H3/t17-/m1/s1. The van der Waals surface area contributed by atoms with Gasteiger partial charge in [-0.25, -0.2) is 18.3 Å². The van der Waals surface area contributed by atoms with Crippen LogP contribution in [0.1, 0.15) is 40.1 Å². The van der Waals surface area contributed by atoms with Gasteiger partial charge in [0.2, 0.25) is 0 Å². The number of alkyl halides is 3. The number of hydrogen-bond donors (Lipinski definition) is 0. The average Bonchev–Trinajstić information content (AvgIpc) is 3.36. The molecule has 3 heterocycles. The number of hydrogen-bond acceptors (Lipinski definition) is 5. The number of halogens is 5. The lowest BCUT2D eigenvalue weighted by atomic mass is 10.0. The molecule has 0 aliphatic carbocycles. The summed E-state index contributed by atoms with van der Waals surface area (Å²) < 4.78 is 75.5. The number of nitrogens with zero attached hydrogens (tertiary/aromatic N) is 5. The van der Waals surface area contributed by atoms with Crippen molar-refractivity contribution in [2.24, 2.45) is 0 Å². The fourth-order valence-electron chi connectivity index (χ4n) is 5.05. The van der Waals surface area contributed by atoms with Crippen LogP contribution in [0.25, 0.3) is 16.9 Å². The van der Waals surface area contributed by atoms with Crippen LogP contribution in [0.5, 0.6) is 5.75 Å². The first-order chi connectivity index (χ1) is 19.0. The molecular weight excluding hydrogens is 533 g/mol. The van der Waals surface area contributed by atoms with E-state index >= 15 is 0 Å². The van der Waals surface area contributed by atoms with Crippen molar-refractivity contribution in [2.75, 3.05) is 33.3 Å². The van der Waals surface area contributed by atoms with Gasteiger partial charge in [-0.05, 0) is 55.8 Å². The Morgan fingerprint density at radius 3 is 2.27 bits per heavy atom. The third kappa shape index (κ3) is 4.99. The van der Waals surface area contributed by atoms with E-state index in [1.165, 1.54) is 25.0 Å². The highest BCUT2D eigenvalue weighted by atomic mass is 19.4. The van der Waals surface area contributed by atoms with Crippen LogP contribution in [0.15, 0.2) is 48.7 Å². The van der Waals surface area contributed by atoms with Gasteiger partial charge in [0.25, 0.3) is 5.91 Å². The Balaban J connectivity index is 1.44. The van der Waals surface area contributed by atoms with Crippen molar-refractivity contribution >= 4 is 11.6 Å². The highest BCUT2D eigenvalue weighted by Crippen LogP contribution is 2.37. The minimum Gasteiger partial charge on any atom is -0.497 e. The third-order valence-electron chi connectivity index (χ3n) is 7.32. The van der Waals surface area contributed by atoms with Crippen LogP contribution in [0.4, 0.5) is 22.0 Å². The molecule has 0 spiro atoms. The predicted octanol–water partition coefficient (Wildman–Crippen LogP) is 5.53. The lowest BCUT2D eigenvalue weighted by Gasteiger charge is -2.38. The Morgan fingerprint density at radius 2 is 1.68 bits per heavy atom. The molecule has 1 saturated heterocycles. The lowest BCUT2D eigenvalue weighted by Crippen LogP contribution is -2.49. The van der Waals surface area contributed by atoms with Crippen LogP contribution in [-0.2, 0) is 6.18 Å². The van der Waals surface area contributed by atoms with E-state index in [4.69, 9.17) is 4.74 Å². The molecule has 40 heavy (non-hydrogen) atoms. The number of piperazine rings is 1. The smallest absolute Gasteiger partial charge is 0.433 e. The Morgan fingerprint density at radius 1 is 1.00 bits per heavy atom. The molecule has 0 N–H and O–H groups in total. The lowest BCUT2D eigenvalue weighted by molar-refractivity contribution is -0.143. The molecule has 0 radical (unpaired) electrons. The van der Waals surface area contributed by atoms with Crippen molar-refractivity contribution in [3.8, 4) is 17.0 Å². The highest BCUT2D eigenvalue weighted by molar-refractivity contribution is 6.00. The van der Waals surface area contributed by atoms with Gasteiger partial charge < -0.3 is 9.64 Å². The summed E-state index contributed by atoms with van der Waals surface area (Å²) in [6.45, 7) is 4.62. The van der Waals surface area contributed by atoms with Crippen molar-refractivity contribution in [3.63, 3.8) is 0 Å². The Kier molecular flexibility index (Phi) is 7.21. The third-order valence-corrected chi connectivity index (χ3v) is 7.32. The summed E-state index contributed by atoms with van der Waals surface area (Å²) in [5.41, 5.74) is -0.229. The van der Waals surface area contributed by atoms with Crippen LogP contribution in [0, 0.1) is 18.6 Å². The molecule has 2 aromatic carbocycles. The number of ether oxygens (including phenoxy) is 1. The minimum atomic E-state index is -4.75. The molecule has 5 rings (SSSR count). The summed E-state index contributed by atoms with van der Waals surface area (Å²) in [5.74, 6) is -1.80. The maximum Gasteiger partial charge on any atom is 0.433 e. The maximum absolute atomic E-state index is 14.2. The predicted molar refractivity (Wildman–Crippen MR) is 137 cm³/mol. The zero-order chi connectivity index (χ0) is 28.8. The van der Waals surface area contributed by atoms with Crippen LogP contribution >= 0.6 is 0 Å². The van der Waals surface area contributed by atoms with E-state index in [0.717, 1.165) is 18.3 Å². The van der Waals surface area contributed by atoms with Crippen molar-refractivity contribution in [2.45, 2.75) is 26.1 Å². The van der Waals surface area contributed by atoms with Gasteiger partial charge in [0.15, 0.2) is 23.0 Å². The van der Waals surface area contributed by atoms with E-state index in [9.17, 15) is 26.7 Å². The van der Waals surface area contributed by atoms with Gasteiger partial charge in [-0.3, -0.25) is 9.69 Å². The van der Waals surface area contributed by atoms with Gasteiger partial charge in [0.1, 0.15) is 11.3 Å². The molecule has 1 aliphatic rings.